The average molecular weight is 2380 g/mol. The second kappa shape index (κ2) is 102. The summed E-state index contributed by atoms with van der Waals surface area (Å²) in [6.45, 7) is 17.9. The van der Waals surface area contributed by atoms with Crippen LogP contribution in [0.5, 0.6) is 0 Å². The lowest BCUT2D eigenvalue weighted by atomic mass is 10.1. The summed E-state index contributed by atoms with van der Waals surface area (Å²) in [7, 11) is 13.6. The number of aliphatic hydroxyl groups excluding tert-OH is 6. The van der Waals surface area contributed by atoms with E-state index in [-0.39, 0.29) is 180 Å². The van der Waals surface area contributed by atoms with E-state index in [2.05, 4.69) is 42.2 Å². The van der Waals surface area contributed by atoms with Gasteiger partial charge in [-0.15, -0.1) is 59.6 Å². The van der Waals surface area contributed by atoms with E-state index in [1.165, 1.54) is 42.6 Å². The van der Waals surface area contributed by atoms with Crippen molar-refractivity contribution in [2.24, 2.45) is 11.5 Å². The Bertz CT molecular complexity index is 4400. The highest BCUT2D eigenvalue weighted by molar-refractivity contribution is 8.77. The van der Waals surface area contributed by atoms with Crippen molar-refractivity contribution in [3.63, 3.8) is 0 Å². The van der Waals surface area contributed by atoms with Gasteiger partial charge in [-0.25, -0.2) is 0 Å². The van der Waals surface area contributed by atoms with Gasteiger partial charge in [-0.1, -0.05) is 135 Å². The number of rotatable bonds is 57. The number of carbonyl (C=O) groups is 8. The van der Waals surface area contributed by atoms with Gasteiger partial charge >= 0.3 is 0 Å². The molecule has 0 spiro atoms. The highest BCUT2D eigenvalue weighted by Gasteiger charge is 2.15. The number of halogens is 10. The van der Waals surface area contributed by atoms with Gasteiger partial charge in [0.2, 0.25) is 43.2 Å². The van der Waals surface area contributed by atoms with E-state index in [1.54, 1.807) is 123 Å². The summed E-state index contributed by atoms with van der Waals surface area (Å²) < 4.78 is 7.40. The van der Waals surface area contributed by atoms with Crippen LogP contribution >= 0.6 is 158 Å². The number of nitrogens with zero attached hydrogens (tertiary/aromatic N) is 8. The molecule has 3 aromatic carbocycles. The van der Waals surface area contributed by atoms with Crippen LogP contribution in [0.1, 0.15) is 62.1 Å². The molecule has 146 heavy (non-hydrogen) atoms. The van der Waals surface area contributed by atoms with Crippen LogP contribution in [0.25, 0.3) is 24.3 Å². The molecule has 1 aliphatic heterocycles. The number of alkyl halides is 3. The van der Waals surface area contributed by atoms with Crippen molar-refractivity contribution >= 4 is 246 Å². The molecule has 1 saturated heterocycles. The first kappa shape index (κ1) is 148. The molecule has 17 N–H and O–H groups in total. The number of hydrogen-bond acceptors (Lipinski definition) is 29. The minimum Gasteiger partial charge on any atom is -1.00 e. The fourth-order valence-corrected chi connectivity index (χ4v) is 18.6. The average Bonchev–Trinajstić information content (AvgIpc) is 0.940. The first-order chi connectivity index (χ1) is 68.0. The van der Waals surface area contributed by atoms with Crippen LogP contribution < -0.4 is 131 Å². The molecule has 5 aromatic heterocycles. The van der Waals surface area contributed by atoms with Crippen molar-refractivity contribution in [3.8, 4) is 0 Å². The zero-order valence-corrected chi connectivity index (χ0v) is 96.4. The minimum absolute atomic E-state index is 0. The van der Waals surface area contributed by atoms with Crippen LogP contribution in [0.3, 0.4) is 0 Å². The lowest BCUT2D eigenvalue weighted by Gasteiger charge is -2.22. The van der Waals surface area contributed by atoms with E-state index in [0.717, 1.165) is 105 Å². The number of aryl methyl sites for hydroxylation is 3. The van der Waals surface area contributed by atoms with E-state index >= 15 is 0 Å². The normalized spacial score (nSPS) is 10.5. The smallest absolute Gasteiger partial charge is 0.286 e. The number of carbonyl (C=O) groups excluding carboxylic acids is 8. The highest BCUT2D eigenvalue weighted by Crippen LogP contribution is 2.24. The summed E-state index contributed by atoms with van der Waals surface area (Å²) in [5, 5.41) is 74.5. The number of pyridine rings is 5. The number of nitrogens with one attached hydrogen (secondary N) is 7. The third-order valence-electron chi connectivity index (χ3n) is 18.3. The fourth-order valence-electron chi connectivity index (χ4n) is 11.2. The van der Waals surface area contributed by atoms with Crippen LogP contribution in [-0.2, 0) is 59.7 Å². The van der Waals surface area contributed by atoms with Gasteiger partial charge in [-0.3, -0.25) is 43.3 Å². The largest absolute Gasteiger partial charge is 1.00 e. The van der Waals surface area contributed by atoms with Gasteiger partial charge in [-0.2, -0.15) is 18.3 Å². The van der Waals surface area contributed by atoms with Gasteiger partial charge in [0.25, 0.3) is 23.6 Å². The Labute approximate surface area is 950 Å². The number of aldehydes is 1. The van der Waals surface area contributed by atoms with Crippen LogP contribution in [0, 0.1) is 20.8 Å². The number of anilines is 3. The predicted octanol–water partition coefficient (Wildman–Crippen LogP) is -3.05. The molecule has 0 saturated carbocycles. The molecule has 0 unspecified atom stereocenters. The van der Waals surface area contributed by atoms with Gasteiger partial charge in [-0.05, 0) is 158 Å². The van der Waals surface area contributed by atoms with E-state index < -0.39 is 5.24 Å². The van der Waals surface area contributed by atoms with Crippen molar-refractivity contribution < 1.29 is 137 Å². The molecule has 0 atom stereocenters. The summed E-state index contributed by atoms with van der Waals surface area (Å²) in [5.41, 5.74) is 21.6. The number of aromatic nitrogens is 5. The maximum atomic E-state index is 12.4. The first-order valence-electron chi connectivity index (χ1n) is 45.4. The van der Waals surface area contributed by atoms with Crippen LogP contribution in [0.4, 0.5) is 17.1 Å². The summed E-state index contributed by atoms with van der Waals surface area (Å²) in [6.07, 6.45) is 30.4. The molecule has 0 aliphatic carbocycles. The zero-order chi connectivity index (χ0) is 102. The van der Waals surface area contributed by atoms with Crippen molar-refractivity contribution in [2.75, 3.05) is 223 Å². The second-order valence-electron chi connectivity index (χ2n) is 29.6. The Morgan fingerprint density at radius 2 is 0.568 bits per heavy atom. The van der Waals surface area contributed by atoms with Crippen LogP contribution in [0.2, 0.25) is 0 Å². The molecular formula is C97H143Cl10N17O14S8. The van der Waals surface area contributed by atoms with Crippen molar-refractivity contribution in [1.29, 1.82) is 0 Å². The quantitative estimate of drug-likeness (QED) is 0.00450. The number of benzene rings is 3. The SMILES string of the molecule is C1CCNC1.Cc1cc[n+](CC(=O)NCCSSCCNC(=O)C[n+]2ccc(C)cc2)cc1.Cc1ccncc1.Cl.Cl.NCCSSCCN.O=C(CCl)NCCSSCCNC(=O)CCl.O=C(C[n+]1ccc(/C=C/c2ccc(N(CCO)CCO)cc2)cc1)NCCSSCCNC(=O)C[n+]1ccc(/C=C/c2ccc(N(CCO)CCO)cc2)cc1.O=C(Cl)CCl.O=Cc1ccc(N(CCO)CCO)cc1.[Cl-].[Cl-].[Cl-].[Cl-]. The summed E-state index contributed by atoms with van der Waals surface area (Å²) in [6, 6.07) is 42.6. The standard InChI is InChI=1S/C42H52N6O6S2.C20H26N4O2S2.C11H15NO3.C8H14Cl2N2O2S2.C6H7N.C4H12N2S2.C4H9N.C2H2Cl2O.6ClH/c49-27-23-47(24-28-50)39-9-5-35(6-10-39)1-3-37-13-19-45(20-14-37)33-41(53)43-17-31-55-56-32-18-44-42(54)34-46-21-15-38(16-22-46)4-2-36-7-11-40(12-8-36)48(25-29-51)26-30-52;1-17-3-9-23(10-4-17)15-19(25)21-7-13-27-28-14-8-22-20(26)16-24-11-5-18(2)6-12-24;13-7-5-12(6-8-14)11-3-1-10(9-15)2-4-11;9-5-7(13)11-1-3-15-16-4-2-12-8(14)6-10;1-6-2-4-7-5-3-6;5-1-3-7-8-4-2-6;1-2-4-5-3-1;3-1-2(4)5;;;;;;/h1-16,19-22,49-52H,17-18,23-34H2;3-6,9-12H,7-8,13-16H2,1-2H3;1-4,9,13-14H,5-8H2;1-6H2,(H,11,13)(H,12,14);2-5H,1H3;1-6H2;5H,1-4H2;1H2;6*1H. The molecule has 9 rings (SSSR count). The van der Waals surface area contributed by atoms with Crippen molar-refractivity contribution in [1.82, 2.24) is 42.2 Å². The number of aliphatic hydroxyl groups is 6. The number of nitrogens with two attached hydrogens (primary N) is 2. The summed E-state index contributed by atoms with van der Waals surface area (Å²) in [5.74, 6) is 6.42. The van der Waals surface area contributed by atoms with Crippen molar-refractivity contribution in [3.05, 3.63) is 240 Å². The molecule has 0 bridgehead atoms. The Balaban J connectivity index is -0.000000609. The molecule has 6 amide bonds. The first-order valence-corrected chi connectivity index (χ1v) is 57.3. The Morgan fingerprint density at radius 3 is 0.767 bits per heavy atom. The number of amides is 6. The molecular weight excluding hydrogens is 2240 g/mol. The van der Waals surface area contributed by atoms with E-state index in [4.69, 9.17) is 68.1 Å². The summed E-state index contributed by atoms with van der Waals surface area (Å²) in [4.78, 5) is 99.6. The Hall–Kier alpha value is -6.21. The van der Waals surface area contributed by atoms with Gasteiger partial charge in [0.15, 0.2) is 49.6 Å². The van der Waals surface area contributed by atoms with E-state index in [1.807, 2.05) is 237 Å². The number of hydrogen-bond donors (Lipinski definition) is 15. The molecule has 8 aromatic rings. The lowest BCUT2D eigenvalue weighted by Crippen LogP contribution is -3.00. The monoisotopic (exact) mass is 2380 g/mol. The summed E-state index contributed by atoms with van der Waals surface area (Å²) >= 11 is 20.1. The molecule has 0 radical (unpaired) electrons. The zero-order valence-electron chi connectivity index (χ0n) is 82.2. The Kier molecular flexibility index (Phi) is 103. The van der Waals surface area contributed by atoms with Crippen LogP contribution in [-0.4, -0.2) is 291 Å². The topological polar surface area (TPSA) is 432 Å². The second-order valence-corrected chi connectivity index (χ2v) is 41.6. The minimum atomic E-state index is -0.508. The van der Waals surface area contributed by atoms with Gasteiger partial charge in [0, 0.05) is 221 Å². The predicted molar refractivity (Wildman–Crippen MR) is 602 cm³/mol. The molecule has 818 valence electrons. The van der Waals surface area contributed by atoms with Crippen LogP contribution in [0.15, 0.2) is 195 Å². The van der Waals surface area contributed by atoms with Crippen molar-refractivity contribution in [2.45, 2.75) is 59.8 Å². The van der Waals surface area contributed by atoms with E-state index in [9.17, 15) is 58.8 Å². The maximum absolute atomic E-state index is 12.4. The molecule has 6 heterocycles. The third kappa shape index (κ3) is 80.7. The van der Waals surface area contributed by atoms with Gasteiger partial charge < -0.3 is 144 Å². The van der Waals surface area contributed by atoms with Gasteiger partial charge in [0.05, 0.1) is 45.5 Å². The third-order valence-corrected chi connectivity index (χ3v) is 28.9. The fraction of sp³-hybridized carbons (Fsp3) is 0.433. The molecule has 1 fully saturated rings. The van der Waals surface area contributed by atoms with Gasteiger partial charge in [0.1, 0.15) is 18.0 Å². The maximum Gasteiger partial charge on any atom is 0.286 e. The molecule has 1 aliphatic rings. The highest BCUT2D eigenvalue weighted by atomic mass is 35.5. The molecule has 31 nitrogen and oxygen atoms in total. The van der Waals surface area contributed by atoms with E-state index in [0.29, 0.717) is 97.2 Å². The Morgan fingerprint density at radius 1 is 0.349 bits per heavy atom. The lowest BCUT2D eigenvalue weighted by molar-refractivity contribution is -0.684. The molecule has 49 heteroatoms.